The van der Waals surface area contributed by atoms with E-state index in [4.69, 9.17) is 0 Å². The normalized spacial score (nSPS) is 18.0. The molecule has 9 heteroatoms. The van der Waals surface area contributed by atoms with Crippen LogP contribution in [0.2, 0.25) is 0 Å². The minimum Gasteiger partial charge on any atom is -0.349 e. The lowest BCUT2D eigenvalue weighted by atomic mass is 10.0. The molecule has 0 saturated carbocycles. The first-order valence-corrected chi connectivity index (χ1v) is 12.5. The second kappa shape index (κ2) is 7.46. The number of thiophene rings is 1. The topological polar surface area (TPSA) is 79.4 Å². The fraction of sp³-hybridized carbons (Fsp3) is 0.368. The summed E-state index contributed by atoms with van der Waals surface area (Å²) in [5.74, 6) is -0.137. The first kappa shape index (κ1) is 19.4. The van der Waals surface area contributed by atoms with Crippen LogP contribution >= 0.6 is 22.7 Å². The highest BCUT2D eigenvalue weighted by Gasteiger charge is 2.31. The van der Waals surface area contributed by atoms with Crippen LogP contribution in [0.3, 0.4) is 0 Å². The maximum Gasteiger partial charge on any atom is 0.261 e. The number of fused-ring (bicyclic) bond motifs is 2. The van der Waals surface area contributed by atoms with Gasteiger partial charge >= 0.3 is 0 Å². The fourth-order valence-electron chi connectivity index (χ4n) is 3.43. The molecule has 1 amide bonds. The predicted molar refractivity (Wildman–Crippen MR) is 114 cm³/mol. The number of aromatic nitrogens is 1. The van der Waals surface area contributed by atoms with Crippen LogP contribution in [0.1, 0.15) is 41.5 Å². The summed E-state index contributed by atoms with van der Waals surface area (Å²) in [5, 5.41) is 3.99. The predicted octanol–water partition coefficient (Wildman–Crippen LogP) is 3.85. The molecule has 28 heavy (non-hydrogen) atoms. The van der Waals surface area contributed by atoms with Crippen LogP contribution in [0.15, 0.2) is 35.2 Å². The van der Waals surface area contributed by atoms with Gasteiger partial charge in [0.05, 0.1) is 26.3 Å². The summed E-state index contributed by atoms with van der Waals surface area (Å²) < 4.78 is 25.5. The first-order chi connectivity index (χ1) is 13.4. The van der Waals surface area contributed by atoms with Crippen molar-refractivity contribution >= 4 is 53.1 Å². The van der Waals surface area contributed by atoms with Gasteiger partial charge < -0.3 is 10.2 Å². The van der Waals surface area contributed by atoms with E-state index in [1.807, 2.05) is 6.07 Å². The van der Waals surface area contributed by atoms with Crippen LogP contribution in [-0.2, 0) is 9.84 Å². The standard InChI is InChI=1S/C19H21N3O3S3/c1-3-22(4-2)19-21-18-15(27-19)11-14(26-18)17(23)20-13-9-10-28(24,25)16-8-6-5-7-12(13)16/h5-8,11,13H,3-4,9-10H2,1-2H3,(H,20,23). The molecule has 1 aliphatic heterocycles. The summed E-state index contributed by atoms with van der Waals surface area (Å²) >= 11 is 2.97. The van der Waals surface area contributed by atoms with E-state index in [2.05, 4.69) is 29.0 Å². The van der Waals surface area contributed by atoms with E-state index in [0.717, 1.165) is 27.8 Å². The Hall–Kier alpha value is -1.97. The fourth-order valence-corrected chi connectivity index (χ4v) is 7.30. The van der Waals surface area contributed by atoms with E-state index in [-0.39, 0.29) is 17.7 Å². The van der Waals surface area contributed by atoms with Gasteiger partial charge in [-0.15, -0.1) is 11.3 Å². The van der Waals surface area contributed by atoms with Crippen LogP contribution in [0.25, 0.3) is 9.53 Å². The van der Waals surface area contributed by atoms with Gasteiger partial charge in [-0.05, 0) is 38.0 Å². The van der Waals surface area contributed by atoms with Gasteiger partial charge in [-0.25, -0.2) is 13.4 Å². The van der Waals surface area contributed by atoms with Crippen molar-refractivity contribution in [1.29, 1.82) is 0 Å². The smallest absolute Gasteiger partial charge is 0.261 e. The second-order valence-corrected chi connectivity index (χ2v) is 10.7. The van der Waals surface area contributed by atoms with Crippen molar-refractivity contribution in [2.75, 3.05) is 23.7 Å². The van der Waals surface area contributed by atoms with Crippen LogP contribution < -0.4 is 10.2 Å². The highest BCUT2D eigenvalue weighted by Crippen LogP contribution is 2.36. The van der Waals surface area contributed by atoms with Gasteiger partial charge in [-0.2, -0.15) is 0 Å². The van der Waals surface area contributed by atoms with Gasteiger partial charge in [0.25, 0.3) is 5.91 Å². The molecule has 1 atom stereocenters. The maximum atomic E-state index is 12.8. The number of hydrogen-bond acceptors (Lipinski definition) is 7. The lowest BCUT2D eigenvalue weighted by Gasteiger charge is -2.26. The number of hydrogen-bond donors (Lipinski definition) is 1. The average Bonchev–Trinajstić information content (AvgIpc) is 3.25. The molecule has 1 N–H and O–H groups in total. The third-order valence-corrected chi connectivity index (χ3v) is 8.98. The van der Waals surface area contributed by atoms with Gasteiger partial charge in [0.1, 0.15) is 4.83 Å². The highest BCUT2D eigenvalue weighted by molar-refractivity contribution is 7.91. The number of nitrogens with zero attached hydrogens (tertiary/aromatic N) is 2. The summed E-state index contributed by atoms with van der Waals surface area (Å²) in [6.45, 7) is 5.99. The Kier molecular flexibility index (Phi) is 5.15. The number of carbonyl (C=O) groups excluding carboxylic acids is 1. The molecule has 0 spiro atoms. The van der Waals surface area contributed by atoms with Crippen molar-refractivity contribution in [3.8, 4) is 0 Å². The molecule has 4 rings (SSSR count). The van der Waals surface area contributed by atoms with Crippen LogP contribution in [0, 0.1) is 0 Å². The van der Waals surface area contributed by atoms with E-state index in [0.29, 0.717) is 21.8 Å². The number of carbonyl (C=O) groups is 1. The quantitative estimate of drug-likeness (QED) is 0.658. The lowest BCUT2D eigenvalue weighted by Crippen LogP contribution is -2.33. The lowest BCUT2D eigenvalue weighted by molar-refractivity contribution is 0.0938. The van der Waals surface area contributed by atoms with Crippen LogP contribution in [0.4, 0.5) is 5.13 Å². The number of sulfone groups is 1. The van der Waals surface area contributed by atoms with Crippen molar-refractivity contribution in [3.05, 3.63) is 40.8 Å². The molecule has 2 aromatic heterocycles. The van der Waals surface area contributed by atoms with E-state index in [1.165, 1.54) is 11.3 Å². The number of benzene rings is 1. The molecule has 1 aromatic carbocycles. The van der Waals surface area contributed by atoms with Crippen LogP contribution in [0.5, 0.6) is 0 Å². The van der Waals surface area contributed by atoms with Gasteiger partial charge in [0, 0.05) is 13.1 Å². The average molecular weight is 436 g/mol. The van der Waals surface area contributed by atoms with Crippen molar-refractivity contribution in [2.24, 2.45) is 0 Å². The third-order valence-electron chi connectivity index (χ3n) is 4.95. The van der Waals surface area contributed by atoms with E-state index in [9.17, 15) is 13.2 Å². The molecular weight excluding hydrogens is 414 g/mol. The Morgan fingerprint density at radius 3 is 2.71 bits per heavy atom. The molecule has 148 valence electrons. The van der Waals surface area contributed by atoms with Crippen LogP contribution in [-0.4, -0.2) is 38.2 Å². The molecule has 0 fully saturated rings. The number of thiazole rings is 1. The summed E-state index contributed by atoms with van der Waals surface area (Å²) in [7, 11) is -3.27. The summed E-state index contributed by atoms with van der Waals surface area (Å²) in [6.07, 6.45) is 0.384. The largest absolute Gasteiger partial charge is 0.349 e. The van der Waals surface area contributed by atoms with Gasteiger partial charge in [-0.1, -0.05) is 29.5 Å². The van der Waals surface area contributed by atoms with Crippen molar-refractivity contribution < 1.29 is 13.2 Å². The van der Waals surface area contributed by atoms with E-state index in [1.54, 1.807) is 35.6 Å². The molecular formula is C19H21N3O3S3. The first-order valence-electron chi connectivity index (χ1n) is 9.20. The zero-order valence-electron chi connectivity index (χ0n) is 15.6. The molecule has 1 unspecified atom stereocenters. The van der Waals surface area contributed by atoms with E-state index >= 15 is 0 Å². The van der Waals surface area contributed by atoms with Crippen molar-refractivity contribution in [3.63, 3.8) is 0 Å². The molecule has 3 heterocycles. The summed E-state index contributed by atoms with van der Waals surface area (Å²) in [6, 6.07) is 8.49. The highest BCUT2D eigenvalue weighted by atomic mass is 32.2. The van der Waals surface area contributed by atoms with Crippen molar-refractivity contribution in [2.45, 2.75) is 31.2 Å². The third kappa shape index (κ3) is 3.42. The maximum absolute atomic E-state index is 12.8. The van der Waals surface area contributed by atoms with Gasteiger partial charge in [0.15, 0.2) is 15.0 Å². The zero-order chi connectivity index (χ0) is 19.9. The van der Waals surface area contributed by atoms with Gasteiger partial charge in [0.2, 0.25) is 0 Å². The monoisotopic (exact) mass is 435 g/mol. The number of anilines is 1. The summed E-state index contributed by atoms with van der Waals surface area (Å²) in [4.78, 5) is 21.4. The van der Waals surface area contributed by atoms with Crippen molar-refractivity contribution in [1.82, 2.24) is 10.3 Å². The minimum absolute atomic E-state index is 0.0449. The number of rotatable bonds is 5. The molecule has 3 aromatic rings. The van der Waals surface area contributed by atoms with E-state index < -0.39 is 9.84 Å². The Balaban J connectivity index is 1.56. The van der Waals surface area contributed by atoms with Gasteiger partial charge in [-0.3, -0.25) is 4.79 Å². The Labute approximate surface area is 172 Å². The molecule has 1 aliphatic rings. The molecule has 0 aliphatic carbocycles. The summed E-state index contributed by atoms with van der Waals surface area (Å²) in [5.41, 5.74) is 0.669. The zero-order valence-corrected chi connectivity index (χ0v) is 18.1. The molecule has 0 bridgehead atoms. The molecule has 6 nitrogen and oxygen atoms in total. The molecule has 0 radical (unpaired) electrons. The SMILES string of the molecule is CCN(CC)c1nc2sc(C(=O)NC3CCS(=O)(=O)c4ccccc43)cc2s1. The Morgan fingerprint density at radius 1 is 1.25 bits per heavy atom. The molecule has 0 saturated heterocycles. The minimum atomic E-state index is -3.27. The Bertz CT molecular complexity index is 1100. The second-order valence-electron chi connectivity index (χ2n) is 6.62. The number of nitrogens with one attached hydrogen (secondary N) is 1. The number of amides is 1. The Morgan fingerprint density at radius 2 is 2.00 bits per heavy atom.